The van der Waals surface area contributed by atoms with Gasteiger partial charge in [0, 0.05) is 24.3 Å². The first-order valence-electron chi connectivity index (χ1n) is 9.13. The maximum absolute atomic E-state index is 12.4. The van der Waals surface area contributed by atoms with Crippen molar-refractivity contribution in [2.75, 3.05) is 22.1 Å². The number of urea groups is 1. The summed E-state index contributed by atoms with van der Waals surface area (Å²) in [6.07, 6.45) is 3.20. The van der Waals surface area contributed by atoms with E-state index < -0.39 is 0 Å². The second-order valence-corrected chi connectivity index (χ2v) is 7.17. The number of rotatable bonds is 2. The molecular formula is C21H23N3O2. The molecule has 4 rings (SSSR count). The normalized spacial score (nSPS) is 15.5. The largest absolute Gasteiger partial charge is 0.323 e. The Bertz CT molecular complexity index is 887. The minimum absolute atomic E-state index is 0.214. The van der Waals surface area contributed by atoms with Gasteiger partial charge in [-0.05, 0) is 79.6 Å². The Labute approximate surface area is 153 Å². The molecule has 0 atom stereocenters. The highest BCUT2D eigenvalue weighted by Crippen LogP contribution is 2.37. The molecule has 5 heteroatoms. The number of nitrogens with one attached hydrogen (secondary N) is 2. The summed E-state index contributed by atoms with van der Waals surface area (Å²) < 4.78 is 0. The van der Waals surface area contributed by atoms with Crippen molar-refractivity contribution in [1.29, 1.82) is 0 Å². The zero-order chi connectivity index (χ0) is 18.3. The molecule has 0 unspecified atom stereocenters. The van der Waals surface area contributed by atoms with Gasteiger partial charge in [0.15, 0.2) is 0 Å². The van der Waals surface area contributed by atoms with E-state index in [0.717, 1.165) is 59.6 Å². The number of hydrogen-bond acceptors (Lipinski definition) is 2. The lowest BCUT2D eigenvalue weighted by Crippen LogP contribution is -2.39. The smallest absolute Gasteiger partial charge is 0.312 e. The predicted octanol–water partition coefficient (Wildman–Crippen LogP) is 4.17. The SMILES string of the molecule is Cc1ccc(NC(=O)Nc2cc3c4c(c2)CCC(=O)N4CCC3)cc1C. The lowest BCUT2D eigenvalue weighted by atomic mass is 9.91. The molecule has 2 heterocycles. The fraction of sp³-hybridized carbons (Fsp3) is 0.333. The fourth-order valence-electron chi connectivity index (χ4n) is 3.84. The van der Waals surface area contributed by atoms with Crippen LogP contribution in [0.3, 0.4) is 0 Å². The average molecular weight is 349 g/mol. The highest BCUT2D eigenvalue weighted by molar-refractivity contribution is 6.02. The van der Waals surface area contributed by atoms with Gasteiger partial charge in [-0.15, -0.1) is 0 Å². The van der Waals surface area contributed by atoms with Crippen molar-refractivity contribution in [3.63, 3.8) is 0 Å². The van der Waals surface area contributed by atoms with Gasteiger partial charge >= 0.3 is 6.03 Å². The van der Waals surface area contributed by atoms with Crippen molar-refractivity contribution < 1.29 is 9.59 Å². The predicted molar refractivity (Wildman–Crippen MR) is 104 cm³/mol. The van der Waals surface area contributed by atoms with Crippen LogP contribution in [0.4, 0.5) is 21.9 Å². The summed E-state index contributed by atoms with van der Waals surface area (Å²) in [7, 11) is 0. The Morgan fingerprint density at radius 2 is 1.65 bits per heavy atom. The molecule has 0 fully saturated rings. The van der Waals surface area contributed by atoms with Gasteiger partial charge in [0.25, 0.3) is 0 Å². The number of hydrogen-bond donors (Lipinski definition) is 2. The first-order chi connectivity index (χ1) is 12.5. The molecule has 0 radical (unpaired) electrons. The number of aryl methyl sites for hydroxylation is 4. The fourth-order valence-corrected chi connectivity index (χ4v) is 3.84. The molecule has 134 valence electrons. The third kappa shape index (κ3) is 3.05. The molecule has 0 aromatic heterocycles. The summed E-state index contributed by atoms with van der Waals surface area (Å²) in [5.41, 5.74) is 7.30. The highest BCUT2D eigenvalue weighted by atomic mass is 16.2. The van der Waals surface area contributed by atoms with E-state index in [1.165, 1.54) is 5.56 Å². The van der Waals surface area contributed by atoms with Crippen LogP contribution in [0.5, 0.6) is 0 Å². The first-order valence-corrected chi connectivity index (χ1v) is 9.13. The molecule has 0 saturated heterocycles. The molecule has 2 aromatic rings. The van der Waals surface area contributed by atoms with Gasteiger partial charge in [-0.1, -0.05) is 6.07 Å². The van der Waals surface area contributed by atoms with E-state index in [1.54, 1.807) is 0 Å². The Morgan fingerprint density at radius 3 is 2.42 bits per heavy atom. The van der Waals surface area contributed by atoms with E-state index in [0.29, 0.717) is 6.42 Å². The summed E-state index contributed by atoms with van der Waals surface area (Å²) in [6.45, 7) is 4.88. The first kappa shape index (κ1) is 16.6. The van der Waals surface area contributed by atoms with E-state index in [2.05, 4.69) is 10.6 Å². The van der Waals surface area contributed by atoms with Crippen LogP contribution in [0.2, 0.25) is 0 Å². The third-order valence-electron chi connectivity index (χ3n) is 5.30. The topological polar surface area (TPSA) is 61.4 Å². The quantitative estimate of drug-likeness (QED) is 0.855. The van der Waals surface area contributed by atoms with Crippen LogP contribution >= 0.6 is 0 Å². The maximum Gasteiger partial charge on any atom is 0.323 e. The minimum atomic E-state index is -0.250. The second-order valence-electron chi connectivity index (χ2n) is 7.17. The van der Waals surface area contributed by atoms with Crippen LogP contribution in [0.1, 0.15) is 35.1 Å². The molecule has 5 nitrogen and oxygen atoms in total. The van der Waals surface area contributed by atoms with Crippen molar-refractivity contribution in [2.24, 2.45) is 0 Å². The molecule has 26 heavy (non-hydrogen) atoms. The van der Waals surface area contributed by atoms with Gasteiger partial charge in [0.1, 0.15) is 0 Å². The molecule has 2 aromatic carbocycles. The number of anilines is 3. The molecule has 0 spiro atoms. The van der Waals surface area contributed by atoms with Crippen LogP contribution in [0, 0.1) is 13.8 Å². The molecule has 2 N–H and O–H groups in total. The lowest BCUT2D eigenvalue weighted by Gasteiger charge is -2.35. The number of carbonyl (C=O) groups is 2. The Balaban J connectivity index is 1.54. The maximum atomic E-state index is 12.4. The molecule has 0 bridgehead atoms. The summed E-state index contributed by atoms with van der Waals surface area (Å²) >= 11 is 0. The van der Waals surface area contributed by atoms with Crippen LogP contribution in [0.25, 0.3) is 0 Å². The Kier molecular flexibility index (Phi) is 4.15. The van der Waals surface area contributed by atoms with Gasteiger partial charge in [0.05, 0.1) is 5.69 Å². The zero-order valence-corrected chi connectivity index (χ0v) is 15.2. The summed E-state index contributed by atoms with van der Waals surface area (Å²) in [5, 5.41) is 5.84. The minimum Gasteiger partial charge on any atom is -0.312 e. The standard InChI is InChI=1S/C21H23N3O2/c1-13-5-7-17(10-14(13)2)22-21(26)23-18-11-15-4-3-9-24-19(25)8-6-16(12-18)20(15)24/h5,7,10-12H,3-4,6,8-9H2,1-2H3,(H2,22,23,26). The number of amides is 3. The van der Waals surface area contributed by atoms with Crippen molar-refractivity contribution in [3.8, 4) is 0 Å². The van der Waals surface area contributed by atoms with Gasteiger partial charge in [0.2, 0.25) is 5.91 Å². The molecule has 2 aliphatic rings. The summed E-state index contributed by atoms with van der Waals surface area (Å²) in [5.74, 6) is 0.214. The molecule has 2 aliphatic heterocycles. The summed E-state index contributed by atoms with van der Waals surface area (Å²) in [4.78, 5) is 26.4. The van der Waals surface area contributed by atoms with Crippen molar-refractivity contribution >= 4 is 29.0 Å². The number of nitrogens with zero attached hydrogens (tertiary/aromatic N) is 1. The van der Waals surface area contributed by atoms with E-state index in [1.807, 2.05) is 49.1 Å². The number of carbonyl (C=O) groups excluding carboxylic acids is 2. The summed E-state index contributed by atoms with van der Waals surface area (Å²) in [6, 6.07) is 9.63. The van der Waals surface area contributed by atoms with Gasteiger partial charge < -0.3 is 15.5 Å². The Hall–Kier alpha value is -2.82. The molecular weight excluding hydrogens is 326 g/mol. The van der Waals surface area contributed by atoms with Crippen molar-refractivity contribution in [3.05, 3.63) is 52.6 Å². The number of benzene rings is 2. The highest BCUT2D eigenvalue weighted by Gasteiger charge is 2.29. The zero-order valence-electron chi connectivity index (χ0n) is 15.2. The van der Waals surface area contributed by atoms with E-state index >= 15 is 0 Å². The second kappa shape index (κ2) is 6.48. The van der Waals surface area contributed by atoms with Crippen LogP contribution in [-0.4, -0.2) is 18.5 Å². The van der Waals surface area contributed by atoms with Gasteiger partial charge in [-0.2, -0.15) is 0 Å². The van der Waals surface area contributed by atoms with Crippen molar-refractivity contribution in [2.45, 2.75) is 39.5 Å². The lowest BCUT2D eigenvalue weighted by molar-refractivity contribution is -0.119. The van der Waals surface area contributed by atoms with Gasteiger partial charge in [-0.25, -0.2) is 4.79 Å². The average Bonchev–Trinajstić information content (AvgIpc) is 2.61. The van der Waals surface area contributed by atoms with Crippen molar-refractivity contribution in [1.82, 2.24) is 0 Å². The third-order valence-corrected chi connectivity index (χ3v) is 5.30. The van der Waals surface area contributed by atoms with E-state index in [9.17, 15) is 9.59 Å². The van der Waals surface area contributed by atoms with Gasteiger partial charge in [-0.3, -0.25) is 4.79 Å². The van der Waals surface area contributed by atoms with Crippen LogP contribution < -0.4 is 15.5 Å². The van der Waals surface area contributed by atoms with E-state index in [4.69, 9.17) is 0 Å². The monoisotopic (exact) mass is 349 g/mol. The van der Waals surface area contributed by atoms with Crippen LogP contribution in [0.15, 0.2) is 30.3 Å². The molecule has 0 aliphatic carbocycles. The molecule has 3 amide bonds. The van der Waals surface area contributed by atoms with E-state index in [-0.39, 0.29) is 11.9 Å². The Morgan fingerprint density at radius 1 is 0.923 bits per heavy atom. The van der Waals surface area contributed by atoms with Crippen LogP contribution in [-0.2, 0) is 17.6 Å². The molecule has 0 saturated carbocycles.